The highest BCUT2D eigenvalue weighted by atomic mass is 19.4. The molecule has 1 aromatic rings. The van der Waals surface area contributed by atoms with Crippen molar-refractivity contribution in [2.75, 3.05) is 32.7 Å². The Kier molecular flexibility index (Phi) is 5.74. The Morgan fingerprint density at radius 1 is 1.11 bits per heavy atom. The molecule has 5 nitrogen and oxygen atoms in total. The molecule has 2 fully saturated rings. The number of alkyl halides is 3. The third kappa shape index (κ3) is 4.61. The topological polar surface area (TPSA) is 52.7 Å². The second kappa shape index (κ2) is 7.88. The average molecular weight is 383 g/mol. The summed E-state index contributed by atoms with van der Waals surface area (Å²) in [4.78, 5) is 28.5. The van der Waals surface area contributed by atoms with Gasteiger partial charge in [0.15, 0.2) is 0 Å². The van der Waals surface area contributed by atoms with Crippen molar-refractivity contribution in [3.05, 3.63) is 35.4 Å². The lowest BCUT2D eigenvalue weighted by Crippen LogP contribution is -2.53. The Labute approximate surface area is 156 Å². The Morgan fingerprint density at radius 3 is 2.41 bits per heavy atom. The van der Waals surface area contributed by atoms with Crippen LogP contribution in [0.15, 0.2) is 24.3 Å². The van der Waals surface area contributed by atoms with E-state index < -0.39 is 17.6 Å². The van der Waals surface area contributed by atoms with Crippen molar-refractivity contribution in [2.45, 2.75) is 32.0 Å². The maximum absolute atomic E-state index is 12.8. The van der Waals surface area contributed by atoms with Crippen molar-refractivity contribution in [1.29, 1.82) is 0 Å². The SMILES string of the molecule is C[C@H]1C[C@@H](C(=O)N2CCN(C(=O)c3cccc(C(F)(F)F)c3)CC2)CCN1. The first-order valence-electron chi connectivity index (χ1n) is 9.24. The Balaban J connectivity index is 1.59. The monoisotopic (exact) mass is 383 g/mol. The zero-order valence-corrected chi connectivity index (χ0v) is 15.3. The molecule has 2 aliphatic heterocycles. The predicted octanol–water partition coefficient (Wildman–Crippen LogP) is 2.38. The van der Waals surface area contributed by atoms with Crippen LogP contribution in [0.3, 0.4) is 0 Å². The molecule has 1 N–H and O–H groups in total. The van der Waals surface area contributed by atoms with Crippen molar-refractivity contribution in [3.8, 4) is 0 Å². The number of amides is 2. The molecule has 2 heterocycles. The highest BCUT2D eigenvalue weighted by molar-refractivity contribution is 5.94. The standard InChI is InChI=1S/C19H24F3N3O2/c1-13-11-15(5-6-23-13)18(27)25-9-7-24(8-10-25)17(26)14-3-2-4-16(12-14)19(20,21)22/h2-4,12-13,15,23H,5-11H2,1H3/t13-,15-/m0/s1. The van der Waals surface area contributed by atoms with Crippen molar-refractivity contribution in [1.82, 2.24) is 15.1 Å². The highest BCUT2D eigenvalue weighted by Crippen LogP contribution is 2.30. The first-order chi connectivity index (χ1) is 12.8. The van der Waals surface area contributed by atoms with Crippen LogP contribution >= 0.6 is 0 Å². The quantitative estimate of drug-likeness (QED) is 0.853. The fourth-order valence-electron chi connectivity index (χ4n) is 3.76. The molecular weight excluding hydrogens is 359 g/mol. The fourth-order valence-corrected chi connectivity index (χ4v) is 3.76. The van der Waals surface area contributed by atoms with Crippen molar-refractivity contribution in [3.63, 3.8) is 0 Å². The van der Waals surface area contributed by atoms with Crippen molar-refractivity contribution < 1.29 is 22.8 Å². The Morgan fingerprint density at radius 2 is 1.78 bits per heavy atom. The summed E-state index contributed by atoms with van der Waals surface area (Å²) in [6.07, 6.45) is -2.86. The van der Waals surface area contributed by atoms with Crippen LogP contribution in [-0.4, -0.2) is 60.4 Å². The number of halogens is 3. The van der Waals surface area contributed by atoms with Crippen LogP contribution in [0, 0.1) is 5.92 Å². The number of rotatable bonds is 2. The van der Waals surface area contributed by atoms with Gasteiger partial charge in [-0.1, -0.05) is 6.07 Å². The number of nitrogens with one attached hydrogen (secondary N) is 1. The Hall–Kier alpha value is -2.09. The van der Waals surface area contributed by atoms with Crippen LogP contribution in [0.2, 0.25) is 0 Å². The molecule has 2 amide bonds. The summed E-state index contributed by atoms with van der Waals surface area (Å²) in [7, 11) is 0. The highest BCUT2D eigenvalue weighted by Gasteiger charge is 2.33. The Bertz CT molecular complexity index is 700. The molecule has 2 atom stereocenters. The number of piperazine rings is 1. The largest absolute Gasteiger partial charge is 0.416 e. The van der Waals surface area contributed by atoms with E-state index in [4.69, 9.17) is 0 Å². The molecular formula is C19H24F3N3O2. The van der Waals surface area contributed by atoms with Gasteiger partial charge >= 0.3 is 6.18 Å². The van der Waals surface area contributed by atoms with Gasteiger partial charge in [0.2, 0.25) is 5.91 Å². The summed E-state index contributed by atoms with van der Waals surface area (Å²) in [6, 6.07) is 4.79. The van der Waals surface area contributed by atoms with Crippen molar-refractivity contribution in [2.24, 2.45) is 5.92 Å². The summed E-state index contributed by atoms with van der Waals surface area (Å²) in [5, 5.41) is 3.32. The summed E-state index contributed by atoms with van der Waals surface area (Å²) >= 11 is 0. The van der Waals surface area contributed by atoms with Gasteiger partial charge in [-0.25, -0.2) is 0 Å². The number of piperidine rings is 1. The van der Waals surface area contributed by atoms with E-state index in [1.807, 2.05) is 0 Å². The maximum Gasteiger partial charge on any atom is 0.416 e. The fraction of sp³-hybridized carbons (Fsp3) is 0.579. The third-order valence-corrected chi connectivity index (χ3v) is 5.29. The summed E-state index contributed by atoms with van der Waals surface area (Å²) < 4.78 is 38.5. The van der Waals surface area contributed by atoms with Gasteiger partial charge in [0, 0.05) is 43.7 Å². The zero-order chi connectivity index (χ0) is 19.6. The molecule has 0 radical (unpaired) electrons. The van der Waals surface area contributed by atoms with Gasteiger partial charge in [0.25, 0.3) is 5.91 Å². The predicted molar refractivity (Wildman–Crippen MR) is 94.1 cm³/mol. The minimum absolute atomic E-state index is 0.00645. The molecule has 3 rings (SSSR count). The number of carbonyl (C=O) groups excluding carboxylic acids is 2. The van der Waals surface area contributed by atoms with Gasteiger partial charge in [-0.05, 0) is 44.5 Å². The summed E-state index contributed by atoms with van der Waals surface area (Å²) in [6.45, 7) is 4.39. The first-order valence-corrected chi connectivity index (χ1v) is 9.24. The minimum atomic E-state index is -4.48. The second-order valence-electron chi connectivity index (χ2n) is 7.27. The smallest absolute Gasteiger partial charge is 0.339 e. The molecule has 8 heteroatoms. The van der Waals surface area contributed by atoms with Gasteiger partial charge in [-0.2, -0.15) is 13.2 Å². The molecule has 0 saturated carbocycles. The van der Waals surface area contributed by atoms with Gasteiger partial charge in [0.05, 0.1) is 5.56 Å². The molecule has 1 aromatic carbocycles. The lowest BCUT2D eigenvalue weighted by Gasteiger charge is -2.38. The van der Waals surface area contributed by atoms with Gasteiger partial charge in [-0.3, -0.25) is 9.59 Å². The number of nitrogens with zero attached hydrogens (tertiary/aromatic N) is 2. The normalized spacial score (nSPS) is 24.0. The summed E-state index contributed by atoms with van der Waals surface area (Å²) in [5.41, 5.74) is -0.807. The van der Waals surface area contributed by atoms with E-state index >= 15 is 0 Å². The van der Waals surface area contributed by atoms with Gasteiger partial charge < -0.3 is 15.1 Å². The van der Waals surface area contributed by atoms with Crippen LogP contribution in [-0.2, 0) is 11.0 Å². The molecule has 0 bridgehead atoms. The number of carbonyl (C=O) groups is 2. The van der Waals surface area contributed by atoms with E-state index in [9.17, 15) is 22.8 Å². The van der Waals surface area contributed by atoms with E-state index in [2.05, 4.69) is 12.2 Å². The molecule has 0 aromatic heterocycles. The summed E-state index contributed by atoms with van der Waals surface area (Å²) in [5.74, 6) is -0.301. The average Bonchev–Trinajstić information content (AvgIpc) is 2.66. The third-order valence-electron chi connectivity index (χ3n) is 5.29. The van der Waals surface area contributed by atoms with Crippen LogP contribution in [0.25, 0.3) is 0 Å². The van der Waals surface area contributed by atoms with E-state index in [0.29, 0.717) is 32.2 Å². The maximum atomic E-state index is 12.8. The van der Waals surface area contributed by atoms with Crippen LogP contribution in [0.1, 0.15) is 35.7 Å². The molecule has 0 aliphatic carbocycles. The van der Waals surface area contributed by atoms with E-state index in [0.717, 1.165) is 31.5 Å². The molecule has 27 heavy (non-hydrogen) atoms. The van der Waals surface area contributed by atoms with E-state index in [1.165, 1.54) is 17.0 Å². The number of benzene rings is 1. The van der Waals surface area contributed by atoms with E-state index in [-0.39, 0.29) is 17.4 Å². The van der Waals surface area contributed by atoms with Crippen LogP contribution in [0.5, 0.6) is 0 Å². The van der Waals surface area contributed by atoms with Gasteiger partial charge in [-0.15, -0.1) is 0 Å². The minimum Gasteiger partial charge on any atom is -0.339 e. The molecule has 2 aliphatic rings. The van der Waals surface area contributed by atoms with Crippen LogP contribution in [0.4, 0.5) is 13.2 Å². The lowest BCUT2D eigenvalue weighted by atomic mass is 9.92. The molecule has 148 valence electrons. The lowest BCUT2D eigenvalue weighted by molar-refractivity contribution is -0.138. The first kappa shape index (κ1) is 19.7. The van der Waals surface area contributed by atoms with Gasteiger partial charge in [0.1, 0.15) is 0 Å². The zero-order valence-electron chi connectivity index (χ0n) is 15.3. The van der Waals surface area contributed by atoms with Crippen LogP contribution < -0.4 is 5.32 Å². The molecule has 0 unspecified atom stereocenters. The van der Waals surface area contributed by atoms with E-state index in [1.54, 1.807) is 4.90 Å². The second-order valence-corrected chi connectivity index (χ2v) is 7.27. The number of hydrogen-bond donors (Lipinski definition) is 1. The van der Waals surface area contributed by atoms with Crippen molar-refractivity contribution >= 4 is 11.8 Å². The molecule has 0 spiro atoms. The number of hydrogen-bond acceptors (Lipinski definition) is 3. The molecule has 2 saturated heterocycles.